The van der Waals surface area contributed by atoms with Gasteiger partial charge in [-0.3, -0.25) is 14.4 Å². The zero-order chi connectivity index (χ0) is 31.4. The molecular formula is C29H40Cl2N6O4S. The molecule has 0 spiro atoms. The normalized spacial score (nSPS) is 17.4. The lowest BCUT2D eigenvalue weighted by Crippen LogP contribution is -2.66. The second-order valence-electron chi connectivity index (χ2n) is 11.7. The van der Waals surface area contributed by atoms with Crippen molar-refractivity contribution in [3.8, 4) is 0 Å². The topological polar surface area (TPSA) is 114 Å². The number of halogens is 2. The van der Waals surface area contributed by atoms with E-state index in [1.807, 2.05) is 46.7 Å². The summed E-state index contributed by atoms with van der Waals surface area (Å²) in [6.45, 7) is 11.2. The molecule has 0 radical (unpaired) electrons. The molecule has 5 amide bonds. The molecule has 2 heterocycles. The largest absolute Gasteiger partial charge is 0.353 e. The van der Waals surface area contributed by atoms with E-state index in [9.17, 15) is 19.2 Å². The van der Waals surface area contributed by atoms with Gasteiger partial charge in [0.1, 0.15) is 10.4 Å². The molecule has 230 valence electrons. The van der Waals surface area contributed by atoms with E-state index in [0.29, 0.717) is 40.8 Å². The Bertz CT molecular complexity index is 1340. The first-order valence-corrected chi connectivity index (χ1v) is 15.3. The molecule has 42 heavy (non-hydrogen) atoms. The van der Waals surface area contributed by atoms with E-state index >= 15 is 0 Å². The van der Waals surface area contributed by atoms with Gasteiger partial charge in [0.25, 0.3) is 5.91 Å². The van der Waals surface area contributed by atoms with Crippen LogP contribution in [0.25, 0.3) is 0 Å². The molecule has 0 saturated carbocycles. The first kappa shape index (κ1) is 33.6. The molecule has 1 aliphatic heterocycles. The molecule has 1 fully saturated rings. The summed E-state index contributed by atoms with van der Waals surface area (Å²) in [6, 6.07) is 6.09. The van der Waals surface area contributed by atoms with Crippen molar-refractivity contribution in [2.24, 2.45) is 0 Å². The van der Waals surface area contributed by atoms with Gasteiger partial charge >= 0.3 is 6.03 Å². The predicted octanol–water partition coefficient (Wildman–Crippen LogP) is 5.13. The summed E-state index contributed by atoms with van der Waals surface area (Å²) < 4.78 is 0. The fraction of sp³-hybridized carbons (Fsp3) is 0.517. The van der Waals surface area contributed by atoms with Crippen LogP contribution in [0.2, 0.25) is 10.0 Å². The molecule has 0 aliphatic carbocycles. The molecule has 1 aromatic carbocycles. The van der Waals surface area contributed by atoms with E-state index in [0.717, 1.165) is 4.88 Å². The molecule has 0 bridgehead atoms. The highest BCUT2D eigenvalue weighted by molar-refractivity contribution is 7.14. The third kappa shape index (κ3) is 7.75. The van der Waals surface area contributed by atoms with Crippen molar-refractivity contribution < 1.29 is 19.2 Å². The Labute approximate surface area is 261 Å². The third-order valence-corrected chi connectivity index (χ3v) is 9.57. The lowest BCUT2D eigenvalue weighted by molar-refractivity contribution is -0.150. The number of rotatable bonds is 9. The average Bonchev–Trinajstić information content (AvgIpc) is 3.33. The van der Waals surface area contributed by atoms with Crippen LogP contribution >= 0.6 is 34.5 Å². The standard InChI is InChI=1S/C29H40Cl2N6O4S/c1-8-29(5)26(40)36(17-22(38)32-12-13-35(6)7)14-15-37(29)25(39)24-20(16-21(42-24)28(2,3)4)34-27(41)33-19-11-9-10-18(30)23(19)31/h9-11,16H,8,12-15,17H2,1-7H3,(H,32,38)(H2,33,34,41). The number of thiophene rings is 1. The summed E-state index contributed by atoms with van der Waals surface area (Å²) in [6.07, 6.45) is 0.352. The summed E-state index contributed by atoms with van der Waals surface area (Å²) in [4.78, 5) is 59.6. The predicted molar refractivity (Wildman–Crippen MR) is 170 cm³/mol. The van der Waals surface area contributed by atoms with E-state index in [1.165, 1.54) is 16.2 Å². The van der Waals surface area contributed by atoms with Crippen molar-refractivity contribution in [1.82, 2.24) is 20.0 Å². The van der Waals surface area contributed by atoms with E-state index in [-0.39, 0.29) is 47.8 Å². The molecule has 1 aromatic heterocycles. The minimum atomic E-state index is -1.17. The number of anilines is 2. The molecule has 1 unspecified atom stereocenters. The number of hydrogen-bond acceptors (Lipinski definition) is 6. The van der Waals surface area contributed by atoms with Gasteiger partial charge in [0.2, 0.25) is 11.8 Å². The van der Waals surface area contributed by atoms with Gasteiger partial charge in [-0.05, 0) is 51.1 Å². The van der Waals surface area contributed by atoms with Gasteiger partial charge in [-0.15, -0.1) is 11.3 Å². The van der Waals surface area contributed by atoms with E-state index in [2.05, 4.69) is 16.0 Å². The number of carbonyl (C=O) groups is 4. The number of carbonyl (C=O) groups excluding carboxylic acids is 4. The smallest absolute Gasteiger partial charge is 0.323 e. The first-order valence-electron chi connectivity index (χ1n) is 13.8. The van der Waals surface area contributed by atoms with Crippen LogP contribution in [0.4, 0.5) is 16.2 Å². The summed E-state index contributed by atoms with van der Waals surface area (Å²) in [5.41, 5.74) is -0.806. The molecule has 10 nitrogen and oxygen atoms in total. The van der Waals surface area contributed by atoms with Crippen LogP contribution < -0.4 is 16.0 Å². The number of nitrogens with zero attached hydrogens (tertiary/aromatic N) is 3. The number of likely N-dealkylation sites (N-methyl/N-ethyl adjacent to an activating group) is 1. The van der Waals surface area contributed by atoms with E-state index < -0.39 is 11.6 Å². The zero-order valence-electron chi connectivity index (χ0n) is 25.2. The third-order valence-electron chi connectivity index (χ3n) is 7.20. The van der Waals surface area contributed by atoms with Crippen LogP contribution in [0, 0.1) is 0 Å². The maximum absolute atomic E-state index is 14.1. The lowest BCUT2D eigenvalue weighted by atomic mass is 9.91. The van der Waals surface area contributed by atoms with Gasteiger partial charge in [-0.25, -0.2) is 4.79 Å². The Balaban J connectivity index is 1.84. The van der Waals surface area contributed by atoms with E-state index in [1.54, 1.807) is 36.1 Å². The van der Waals surface area contributed by atoms with Crippen LogP contribution in [0.15, 0.2) is 24.3 Å². The van der Waals surface area contributed by atoms with Crippen LogP contribution in [0.1, 0.15) is 55.6 Å². The van der Waals surface area contributed by atoms with Crippen molar-refractivity contribution in [1.29, 1.82) is 0 Å². The summed E-state index contributed by atoms with van der Waals surface area (Å²) in [5, 5.41) is 8.82. The van der Waals surface area contributed by atoms with Crippen molar-refractivity contribution in [3.05, 3.63) is 44.1 Å². The second kappa shape index (κ2) is 13.6. The van der Waals surface area contributed by atoms with Crippen molar-refractivity contribution in [3.63, 3.8) is 0 Å². The monoisotopic (exact) mass is 638 g/mol. The van der Waals surface area contributed by atoms with E-state index in [4.69, 9.17) is 23.2 Å². The highest BCUT2D eigenvalue weighted by Crippen LogP contribution is 2.39. The summed E-state index contributed by atoms with van der Waals surface area (Å²) in [5.74, 6) is -0.893. The van der Waals surface area contributed by atoms with Crippen molar-refractivity contribution in [2.75, 3.05) is 57.5 Å². The number of nitrogens with one attached hydrogen (secondary N) is 3. The lowest BCUT2D eigenvalue weighted by Gasteiger charge is -2.47. The molecule has 1 atom stereocenters. The number of urea groups is 1. The quantitative estimate of drug-likeness (QED) is 0.352. The maximum Gasteiger partial charge on any atom is 0.323 e. The Morgan fingerprint density at radius 3 is 2.38 bits per heavy atom. The molecule has 13 heteroatoms. The zero-order valence-corrected chi connectivity index (χ0v) is 27.5. The average molecular weight is 640 g/mol. The van der Waals surface area contributed by atoms with Crippen LogP contribution in [-0.4, -0.2) is 90.8 Å². The molecule has 3 rings (SSSR count). The van der Waals surface area contributed by atoms with Crippen molar-refractivity contribution >= 4 is 69.7 Å². The summed E-state index contributed by atoms with van der Waals surface area (Å²) >= 11 is 13.6. The Kier molecular flexibility index (Phi) is 10.9. The number of amides is 5. The molecule has 2 aromatic rings. The fourth-order valence-electron chi connectivity index (χ4n) is 4.50. The first-order chi connectivity index (χ1) is 19.6. The highest BCUT2D eigenvalue weighted by Gasteiger charge is 2.47. The van der Waals surface area contributed by atoms with Crippen LogP contribution in [-0.2, 0) is 15.0 Å². The van der Waals surface area contributed by atoms with Crippen LogP contribution in [0.5, 0.6) is 0 Å². The Morgan fingerprint density at radius 1 is 1.10 bits per heavy atom. The fourth-order valence-corrected chi connectivity index (χ4v) is 5.97. The molecule has 1 aliphatic rings. The van der Waals surface area contributed by atoms with Gasteiger partial charge in [0.15, 0.2) is 0 Å². The SMILES string of the molecule is CCC1(C)C(=O)N(CC(=O)NCCN(C)C)CCN1C(=O)c1sc(C(C)(C)C)cc1NC(=O)Nc1cccc(Cl)c1Cl. The van der Waals surface area contributed by atoms with Gasteiger partial charge in [0.05, 0.1) is 28.0 Å². The number of hydrogen-bond donors (Lipinski definition) is 3. The summed E-state index contributed by atoms with van der Waals surface area (Å²) in [7, 11) is 3.83. The number of piperazine rings is 1. The minimum absolute atomic E-state index is 0.0733. The Hall–Kier alpha value is -2.86. The highest BCUT2D eigenvalue weighted by atomic mass is 35.5. The Morgan fingerprint density at radius 2 is 1.76 bits per heavy atom. The molecule has 1 saturated heterocycles. The number of benzene rings is 1. The second-order valence-corrected chi connectivity index (χ2v) is 13.6. The van der Waals surface area contributed by atoms with Gasteiger partial charge < -0.3 is 30.7 Å². The van der Waals surface area contributed by atoms with Crippen LogP contribution in [0.3, 0.4) is 0 Å². The minimum Gasteiger partial charge on any atom is -0.353 e. The van der Waals surface area contributed by atoms with Gasteiger partial charge in [0, 0.05) is 31.1 Å². The molecular weight excluding hydrogens is 599 g/mol. The van der Waals surface area contributed by atoms with Crippen molar-refractivity contribution in [2.45, 2.75) is 52.0 Å². The maximum atomic E-state index is 14.1. The van der Waals surface area contributed by atoms with Gasteiger partial charge in [-0.1, -0.05) is 57.0 Å². The van der Waals surface area contributed by atoms with Gasteiger partial charge in [-0.2, -0.15) is 0 Å². The molecule has 3 N–H and O–H groups in total.